The lowest BCUT2D eigenvalue weighted by Gasteiger charge is -2.26. The highest BCUT2D eigenvalue weighted by Crippen LogP contribution is 2.28. The number of primary amides is 1. The SMILES string of the molecule is CC(c1ccc(S(N)(=O)=O)cc1)N(C)C(=O)Nc1ccccc1SCCC(N)=O. The van der Waals surface area contributed by atoms with Gasteiger partial charge in [-0.2, -0.15) is 0 Å². The zero-order valence-corrected chi connectivity index (χ0v) is 17.8. The number of para-hydroxylation sites is 1. The third-order valence-electron chi connectivity index (χ3n) is 4.33. The van der Waals surface area contributed by atoms with Gasteiger partial charge >= 0.3 is 6.03 Å². The second kappa shape index (κ2) is 9.77. The van der Waals surface area contributed by atoms with Crippen LogP contribution in [0.3, 0.4) is 0 Å². The van der Waals surface area contributed by atoms with Crippen molar-refractivity contribution in [3.8, 4) is 0 Å². The second-order valence-corrected chi connectivity index (χ2v) is 9.09. The van der Waals surface area contributed by atoms with Crippen LogP contribution in [0.2, 0.25) is 0 Å². The summed E-state index contributed by atoms with van der Waals surface area (Å²) in [4.78, 5) is 26.0. The average molecular weight is 437 g/mol. The summed E-state index contributed by atoms with van der Waals surface area (Å²) < 4.78 is 22.8. The van der Waals surface area contributed by atoms with Crippen molar-refractivity contribution in [2.75, 3.05) is 18.1 Å². The van der Waals surface area contributed by atoms with Crippen molar-refractivity contribution < 1.29 is 18.0 Å². The molecule has 10 heteroatoms. The average Bonchev–Trinajstić information content (AvgIpc) is 2.67. The molecule has 29 heavy (non-hydrogen) atoms. The molecule has 5 N–H and O–H groups in total. The van der Waals surface area contributed by atoms with E-state index in [-0.39, 0.29) is 29.3 Å². The first kappa shape index (κ1) is 22.7. The van der Waals surface area contributed by atoms with E-state index in [0.29, 0.717) is 11.4 Å². The van der Waals surface area contributed by atoms with E-state index in [1.165, 1.54) is 28.8 Å². The third-order valence-corrected chi connectivity index (χ3v) is 6.33. The first-order valence-electron chi connectivity index (χ1n) is 8.76. The number of hydrogen-bond acceptors (Lipinski definition) is 5. The van der Waals surface area contributed by atoms with E-state index in [2.05, 4.69) is 5.32 Å². The van der Waals surface area contributed by atoms with Gasteiger partial charge in [-0.15, -0.1) is 11.8 Å². The van der Waals surface area contributed by atoms with Gasteiger partial charge in [-0.1, -0.05) is 24.3 Å². The molecule has 0 bridgehead atoms. The molecule has 0 radical (unpaired) electrons. The lowest BCUT2D eigenvalue weighted by molar-refractivity contribution is -0.117. The van der Waals surface area contributed by atoms with Crippen LogP contribution in [0.4, 0.5) is 10.5 Å². The Morgan fingerprint density at radius 1 is 1.14 bits per heavy atom. The van der Waals surface area contributed by atoms with Crippen LogP contribution in [0.1, 0.15) is 24.9 Å². The third kappa shape index (κ3) is 6.48. The van der Waals surface area contributed by atoms with Gasteiger partial charge in [-0.05, 0) is 36.8 Å². The molecule has 2 aromatic carbocycles. The lowest BCUT2D eigenvalue weighted by Crippen LogP contribution is -2.33. The molecule has 2 aromatic rings. The Kier molecular flexibility index (Phi) is 7.66. The van der Waals surface area contributed by atoms with Crippen molar-refractivity contribution in [3.63, 3.8) is 0 Å². The van der Waals surface area contributed by atoms with Crippen molar-refractivity contribution in [3.05, 3.63) is 54.1 Å². The van der Waals surface area contributed by atoms with E-state index >= 15 is 0 Å². The number of sulfonamides is 1. The number of amides is 3. The number of carbonyl (C=O) groups excluding carboxylic acids is 2. The summed E-state index contributed by atoms with van der Waals surface area (Å²) in [5.41, 5.74) is 6.57. The zero-order valence-electron chi connectivity index (χ0n) is 16.2. The minimum absolute atomic E-state index is 0.0162. The van der Waals surface area contributed by atoms with Crippen LogP contribution in [0.5, 0.6) is 0 Å². The maximum Gasteiger partial charge on any atom is 0.322 e. The molecule has 0 aliphatic carbocycles. The fraction of sp³-hybridized carbons (Fsp3) is 0.263. The number of primary sulfonamides is 1. The number of nitrogens with zero attached hydrogens (tertiary/aromatic N) is 1. The molecule has 3 amide bonds. The maximum absolute atomic E-state index is 12.7. The molecule has 0 heterocycles. The standard InChI is InChI=1S/C19H24N4O4S2/c1-13(14-7-9-15(10-8-14)29(21,26)27)23(2)19(25)22-16-5-3-4-6-17(16)28-12-11-18(20)24/h3-10,13H,11-12H2,1-2H3,(H2,20,24)(H,22,25)(H2,21,26,27). The molecular formula is C19H24N4O4S2. The van der Waals surface area contributed by atoms with Crippen molar-refractivity contribution in [2.24, 2.45) is 10.9 Å². The van der Waals surface area contributed by atoms with Crippen LogP contribution >= 0.6 is 11.8 Å². The summed E-state index contributed by atoms with van der Waals surface area (Å²) in [5.74, 6) is 0.145. The van der Waals surface area contributed by atoms with Gasteiger partial charge in [-0.25, -0.2) is 18.4 Å². The highest BCUT2D eigenvalue weighted by Gasteiger charge is 2.19. The van der Waals surface area contributed by atoms with E-state index in [9.17, 15) is 18.0 Å². The highest BCUT2D eigenvalue weighted by molar-refractivity contribution is 7.99. The Hall–Kier alpha value is -2.56. The Labute approximate surface area is 174 Å². The van der Waals surface area contributed by atoms with Gasteiger partial charge in [0.15, 0.2) is 0 Å². The Morgan fingerprint density at radius 3 is 2.34 bits per heavy atom. The second-order valence-electron chi connectivity index (χ2n) is 6.39. The quantitative estimate of drug-likeness (QED) is 0.546. The van der Waals surface area contributed by atoms with E-state index < -0.39 is 10.0 Å². The molecule has 1 atom stereocenters. The van der Waals surface area contributed by atoms with Gasteiger partial charge in [0.05, 0.1) is 16.6 Å². The predicted octanol–water partition coefficient (Wildman–Crippen LogP) is 2.53. The summed E-state index contributed by atoms with van der Waals surface area (Å²) >= 11 is 1.43. The number of urea groups is 1. The first-order chi connectivity index (χ1) is 13.6. The number of hydrogen-bond donors (Lipinski definition) is 3. The van der Waals surface area contributed by atoms with Crippen molar-refractivity contribution in [2.45, 2.75) is 29.2 Å². The number of benzene rings is 2. The van der Waals surface area contributed by atoms with Gasteiger partial charge < -0.3 is 16.0 Å². The smallest absolute Gasteiger partial charge is 0.322 e. The molecule has 0 aromatic heterocycles. The zero-order chi connectivity index (χ0) is 21.6. The summed E-state index contributed by atoms with van der Waals surface area (Å²) in [6, 6.07) is 12.7. The summed E-state index contributed by atoms with van der Waals surface area (Å²) in [6.45, 7) is 1.83. The molecule has 2 rings (SSSR count). The molecule has 0 saturated carbocycles. The number of carbonyl (C=O) groups is 2. The van der Waals surface area contributed by atoms with E-state index in [1.54, 1.807) is 25.2 Å². The van der Waals surface area contributed by atoms with Crippen LogP contribution in [0.25, 0.3) is 0 Å². The number of nitrogens with one attached hydrogen (secondary N) is 1. The minimum Gasteiger partial charge on any atom is -0.370 e. The van der Waals surface area contributed by atoms with Gasteiger partial charge in [0.25, 0.3) is 0 Å². The molecule has 0 aliphatic heterocycles. The number of rotatable bonds is 8. The van der Waals surface area contributed by atoms with E-state index in [4.69, 9.17) is 10.9 Å². The van der Waals surface area contributed by atoms with Crippen molar-refractivity contribution in [1.29, 1.82) is 0 Å². The topological polar surface area (TPSA) is 136 Å². The van der Waals surface area contributed by atoms with Crippen LogP contribution in [0, 0.1) is 0 Å². The summed E-state index contributed by atoms with van der Waals surface area (Å²) in [5, 5.41) is 7.98. The van der Waals surface area contributed by atoms with Gasteiger partial charge in [-0.3, -0.25) is 4.79 Å². The van der Waals surface area contributed by atoms with E-state index in [1.807, 2.05) is 25.1 Å². The number of nitrogens with two attached hydrogens (primary N) is 2. The largest absolute Gasteiger partial charge is 0.370 e. The molecule has 0 spiro atoms. The normalized spacial score (nSPS) is 12.2. The molecular weight excluding hydrogens is 412 g/mol. The van der Waals surface area contributed by atoms with Crippen LogP contribution < -0.4 is 16.2 Å². The molecule has 0 aliphatic rings. The van der Waals surface area contributed by atoms with Crippen LogP contribution in [0.15, 0.2) is 58.3 Å². The Morgan fingerprint density at radius 2 is 1.76 bits per heavy atom. The molecule has 8 nitrogen and oxygen atoms in total. The van der Waals surface area contributed by atoms with Crippen LogP contribution in [-0.2, 0) is 14.8 Å². The molecule has 0 saturated heterocycles. The van der Waals surface area contributed by atoms with Crippen molar-refractivity contribution >= 4 is 39.4 Å². The first-order valence-corrected chi connectivity index (χ1v) is 11.3. The molecule has 1 unspecified atom stereocenters. The van der Waals surface area contributed by atoms with Gasteiger partial charge in [0.1, 0.15) is 0 Å². The monoisotopic (exact) mass is 436 g/mol. The summed E-state index contributed by atoms with van der Waals surface area (Å²) in [7, 11) is -2.12. The van der Waals surface area contributed by atoms with Gasteiger partial charge in [0.2, 0.25) is 15.9 Å². The fourth-order valence-electron chi connectivity index (χ4n) is 2.50. The van der Waals surface area contributed by atoms with Gasteiger partial charge in [0, 0.05) is 24.1 Å². The highest BCUT2D eigenvalue weighted by atomic mass is 32.2. The summed E-state index contributed by atoms with van der Waals surface area (Å²) in [6.07, 6.45) is 0.248. The number of thioether (sulfide) groups is 1. The fourth-order valence-corrected chi connectivity index (χ4v) is 3.98. The molecule has 0 fully saturated rings. The van der Waals surface area contributed by atoms with Crippen LogP contribution in [-0.4, -0.2) is 38.1 Å². The Bertz CT molecular complexity index is 978. The van der Waals surface area contributed by atoms with E-state index in [0.717, 1.165) is 10.5 Å². The predicted molar refractivity (Wildman–Crippen MR) is 114 cm³/mol. The molecule has 156 valence electrons. The lowest BCUT2D eigenvalue weighted by atomic mass is 10.1. The maximum atomic E-state index is 12.7. The number of anilines is 1. The minimum atomic E-state index is -3.76. The van der Waals surface area contributed by atoms with Crippen molar-refractivity contribution in [1.82, 2.24) is 4.90 Å². The Balaban J connectivity index is 2.08.